The molecule has 3 aromatic rings. The van der Waals surface area contributed by atoms with Gasteiger partial charge in [-0.1, -0.05) is 53.7 Å². The standard InChI is InChI=1S/C22H24N4OS/c1-5-10-26-21(18-8-6-15(2)7-9-18)24-25-22(26)28-14-20(27)23-19-12-16(3)11-17(4)13-19/h5-9,11-13H,1,10,14H2,2-4H3,(H,23,27). The van der Waals surface area contributed by atoms with Crippen LogP contribution >= 0.6 is 11.8 Å². The number of allylic oxidation sites excluding steroid dienone is 1. The molecule has 0 aliphatic heterocycles. The van der Waals surface area contributed by atoms with Crippen molar-refractivity contribution < 1.29 is 4.79 Å². The number of carbonyl (C=O) groups is 1. The Labute approximate surface area is 169 Å². The highest BCUT2D eigenvalue weighted by Gasteiger charge is 2.15. The molecule has 0 atom stereocenters. The summed E-state index contributed by atoms with van der Waals surface area (Å²) in [5.41, 5.74) is 5.24. The minimum Gasteiger partial charge on any atom is -0.325 e. The first-order valence-corrected chi connectivity index (χ1v) is 10.1. The van der Waals surface area contributed by atoms with Crippen LogP contribution < -0.4 is 5.32 Å². The minimum atomic E-state index is -0.0694. The third-order valence-electron chi connectivity index (χ3n) is 4.18. The smallest absolute Gasteiger partial charge is 0.234 e. The number of carbonyl (C=O) groups excluding carboxylic acids is 1. The highest BCUT2D eigenvalue weighted by Crippen LogP contribution is 2.24. The molecule has 0 aliphatic rings. The largest absolute Gasteiger partial charge is 0.325 e. The fraction of sp³-hybridized carbons (Fsp3) is 0.227. The second-order valence-corrected chi connectivity index (χ2v) is 7.73. The molecule has 0 saturated heterocycles. The Bertz CT molecular complexity index is 972. The number of thioether (sulfide) groups is 1. The molecule has 0 unspecified atom stereocenters. The zero-order valence-corrected chi connectivity index (χ0v) is 17.2. The van der Waals surface area contributed by atoms with Crippen LogP contribution in [-0.2, 0) is 11.3 Å². The topological polar surface area (TPSA) is 59.8 Å². The zero-order valence-electron chi connectivity index (χ0n) is 16.4. The van der Waals surface area contributed by atoms with E-state index < -0.39 is 0 Å². The van der Waals surface area contributed by atoms with Crippen molar-refractivity contribution in [3.8, 4) is 11.4 Å². The Hall–Kier alpha value is -2.86. The SMILES string of the molecule is C=CCn1c(SCC(=O)Nc2cc(C)cc(C)c2)nnc1-c1ccc(C)cc1. The van der Waals surface area contributed by atoms with E-state index in [1.165, 1.54) is 17.3 Å². The third-order valence-corrected chi connectivity index (χ3v) is 5.14. The maximum absolute atomic E-state index is 12.4. The lowest BCUT2D eigenvalue weighted by molar-refractivity contribution is -0.113. The van der Waals surface area contributed by atoms with E-state index >= 15 is 0 Å². The molecular weight excluding hydrogens is 368 g/mol. The average Bonchev–Trinajstić information content (AvgIpc) is 3.03. The van der Waals surface area contributed by atoms with Gasteiger partial charge in [0.25, 0.3) is 0 Å². The van der Waals surface area contributed by atoms with Gasteiger partial charge in [0.05, 0.1) is 5.75 Å². The molecule has 1 amide bonds. The maximum Gasteiger partial charge on any atom is 0.234 e. The second-order valence-electron chi connectivity index (χ2n) is 6.78. The second kappa shape index (κ2) is 8.89. The van der Waals surface area contributed by atoms with Gasteiger partial charge in [-0.3, -0.25) is 9.36 Å². The fourth-order valence-corrected chi connectivity index (χ4v) is 3.73. The monoisotopic (exact) mass is 392 g/mol. The number of anilines is 1. The molecule has 1 heterocycles. The summed E-state index contributed by atoms with van der Waals surface area (Å²) < 4.78 is 1.98. The number of benzene rings is 2. The van der Waals surface area contributed by atoms with E-state index in [1.54, 1.807) is 6.08 Å². The number of amides is 1. The molecule has 0 spiro atoms. The molecule has 6 heteroatoms. The summed E-state index contributed by atoms with van der Waals surface area (Å²) in [4.78, 5) is 12.4. The minimum absolute atomic E-state index is 0.0694. The summed E-state index contributed by atoms with van der Waals surface area (Å²) in [5.74, 6) is 0.966. The van der Waals surface area contributed by atoms with Crippen LogP contribution in [0.25, 0.3) is 11.4 Å². The van der Waals surface area contributed by atoms with Gasteiger partial charge in [0.15, 0.2) is 11.0 Å². The number of hydrogen-bond donors (Lipinski definition) is 1. The quantitative estimate of drug-likeness (QED) is 0.464. The van der Waals surface area contributed by atoms with Crippen LogP contribution in [0.3, 0.4) is 0 Å². The van der Waals surface area contributed by atoms with Crippen LogP contribution in [0.1, 0.15) is 16.7 Å². The summed E-state index contributed by atoms with van der Waals surface area (Å²) in [5, 5.41) is 12.3. The lowest BCUT2D eigenvalue weighted by Crippen LogP contribution is -2.15. The van der Waals surface area contributed by atoms with Gasteiger partial charge < -0.3 is 5.32 Å². The highest BCUT2D eigenvalue weighted by atomic mass is 32.2. The van der Waals surface area contributed by atoms with Crippen molar-refractivity contribution in [3.63, 3.8) is 0 Å². The normalized spacial score (nSPS) is 10.7. The van der Waals surface area contributed by atoms with Crippen molar-refractivity contribution in [1.82, 2.24) is 14.8 Å². The Morgan fingerprint density at radius 2 is 1.75 bits per heavy atom. The number of nitrogens with one attached hydrogen (secondary N) is 1. The molecule has 28 heavy (non-hydrogen) atoms. The molecule has 3 rings (SSSR count). The predicted molar refractivity (Wildman–Crippen MR) is 116 cm³/mol. The summed E-state index contributed by atoms with van der Waals surface area (Å²) in [6, 6.07) is 14.2. The van der Waals surface area contributed by atoms with Gasteiger partial charge >= 0.3 is 0 Å². The molecule has 0 radical (unpaired) electrons. The Morgan fingerprint density at radius 1 is 1.07 bits per heavy atom. The maximum atomic E-state index is 12.4. The third kappa shape index (κ3) is 4.89. The molecule has 1 N–H and O–H groups in total. The van der Waals surface area contributed by atoms with Crippen LogP contribution in [0.15, 0.2) is 60.3 Å². The molecule has 0 aliphatic carbocycles. The van der Waals surface area contributed by atoms with Crippen molar-refractivity contribution in [3.05, 3.63) is 71.8 Å². The van der Waals surface area contributed by atoms with E-state index in [0.717, 1.165) is 28.2 Å². The number of rotatable bonds is 7. The van der Waals surface area contributed by atoms with Crippen LogP contribution in [-0.4, -0.2) is 26.4 Å². The first-order valence-electron chi connectivity index (χ1n) is 9.08. The van der Waals surface area contributed by atoms with E-state index in [1.807, 2.05) is 61.7 Å². The van der Waals surface area contributed by atoms with Crippen molar-refractivity contribution >= 4 is 23.4 Å². The van der Waals surface area contributed by atoms with E-state index in [2.05, 4.69) is 28.2 Å². The summed E-state index contributed by atoms with van der Waals surface area (Å²) in [6.07, 6.45) is 1.81. The lowest BCUT2D eigenvalue weighted by Gasteiger charge is -2.09. The fourth-order valence-electron chi connectivity index (χ4n) is 2.98. The van der Waals surface area contributed by atoms with E-state index in [-0.39, 0.29) is 11.7 Å². The van der Waals surface area contributed by atoms with Crippen LogP contribution in [0.5, 0.6) is 0 Å². The van der Waals surface area contributed by atoms with Gasteiger partial charge in [0.2, 0.25) is 5.91 Å². The number of hydrogen-bond acceptors (Lipinski definition) is 4. The van der Waals surface area contributed by atoms with Crippen molar-refractivity contribution in [1.29, 1.82) is 0 Å². The summed E-state index contributed by atoms with van der Waals surface area (Å²) in [6.45, 7) is 10.5. The predicted octanol–water partition coefficient (Wildman–Crippen LogP) is 4.79. The Kier molecular flexibility index (Phi) is 6.31. The average molecular weight is 393 g/mol. The van der Waals surface area contributed by atoms with Crippen molar-refractivity contribution in [2.75, 3.05) is 11.1 Å². The molecule has 0 fully saturated rings. The first-order chi connectivity index (χ1) is 13.5. The van der Waals surface area contributed by atoms with Crippen LogP contribution in [0.2, 0.25) is 0 Å². The number of nitrogens with zero attached hydrogens (tertiary/aromatic N) is 3. The Morgan fingerprint density at radius 3 is 2.39 bits per heavy atom. The Balaban J connectivity index is 1.72. The molecule has 5 nitrogen and oxygen atoms in total. The van der Waals surface area contributed by atoms with Gasteiger partial charge in [-0.25, -0.2) is 0 Å². The molecule has 1 aromatic heterocycles. The van der Waals surface area contributed by atoms with Crippen molar-refractivity contribution in [2.45, 2.75) is 32.5 Å². The van der Waals surface area contributed by atoms with E-state index in [4.69, 9.17) is 0 Å². The van der Waals surface area contributed by atoms with E-state index in [9.17, 15) is 4.79 Å². The van der Waals surface area contributed by atoms with Crippen LogP contribution in [0, 0.1) is 20.8 Å². The number of aromatic nitrogens is 3. The molecule has 0 bridgehead atoms. The molecule has 0 saturated carbocycles. The van der Waals surface area contributed by atoms with E-state index in [0.29, 0.717) is 11.7 Å². The molecule has 144 valence electrons. The first kappa shape index (κ1) is 19.9. The molecule has 2 aromatic carbocycles. The van der Waals surface area contributed by atoms with Gasteiger partial charge in [0.1, 0.15) is 0 Å². The zero-order chi connectivity index (χ0) is 20.1. The van der Waals surface area contributed by atoms with Gasteiger partial charge in [-0.15, -0.1) is 16.8 Å². The van der Waals surface area contributed by atoms with Gasteiger partial charge in [-0.05, 0) is 44.0 Å². The van der Waals surface area contributed by atoms with Crippen molar-refractivity contribution in [2.24, 2.45) is 0 Å². The lowest BCUT2D eigenvalue weighted by atomic mass is 10.1. The summed E-state index contributed by atoms with van der Waals surface area (Å²) >= 11 is 1.37. The van der Waals surface area contributed by atoms with Gasteiger partial charge in [-0.2, -0.15) is 0 Å². The summed E-state index contributed by atoms with van der Waals surface area (Å²) in [7, 11) is 0. The number of aryl methyl sites for hydroxylation is 3. The van der Waals surface area contributed by atoms with Crippen LogP contribution in [0.4, 0.5) is 5.69 Å². The highest BCUT2D eigenvalue weighted by molar-refractivity contribution is 7.99. The van der Waals surface area contributed by atoms with Gasteiger partial charge in [0, 0.05) is 17.8 Å². The molecular formula is C22H24N4OS.